The summed E-state index contributed by atoms with van der Waals surface area (Å²) >= 11 is 0. The number of aliphatic hydroxyl groups excluding tert-OH is 2. The molecule has 0 aromatic rings. The van der Waals surface area contributed by atoms with Gasteiger partial charge < -0.3 is 19.7 Å². The molecule has 4 aliphatic rings. The number of fused-ring (bicyclic) bond motifs is 1. The van der Waals surface area contributed by atoms with Gasteiger partial charge in [0.15, 0.2) is 0 Å². The minimum atomic E-state index is -0.485. The van der Waals surface area contributed by atoms with Crippen molar-refractivity contribution >= 4 is 5.97 Å². The number of hydrogen-bond acceptors (Lipinski definition) is 5. The topological polar surface area (TPSA) is 79.3 Å². The second-order valence-corrected chi connectivity index (χ2v) is 8.76. The van der Waals surface area contributed by atoms with Gasteiger partial charge in [-0.15, -0.1) is 0 Å². The smallest absolute Gasteiger partial charge is 0.338 e. The minimum Gasteiger partial charge on any atom is -0.458 e. The number of esters is 1. The van der Waals surface area contributed by atoms with Crippen LogP contribution in [0.1, 0.15) is 39.5 Å². The number of hydrogen-bond donors (Lipinski definition) is 2. The van der Waals surface area contributed by atoms with E-state index in [0.717, 1.165) is 25.9 Å². The van der Waals surface area contributed by atoms with Crippen LogP contribution in [0.3, 0.4) is 0 Å². The van der Waals surface area contributed by atoms with Crippen LogP contribution in [0.5, 0.6) is 0 Å². The summed E-state index contributed by atoms with van der Waals surface area (Å²) in [5.74, 6) is 0.132. The van der Waals surface area contributed by atoms with Gasteiger partial charge in [-0.05, 0) is 43.1 Å². The number of aliphatic hydroxyl groups is 2. The molecule has 6 atom stereocenters. The predicted molar refractivity (Wildman–Crippen MR) is 91.6 cm³/mol. The molecule has 25 heavy (non-hydrogen) atoms. The molecule has 2 N–H and O–H groups in total. The van der Waals surface area contributed by atoms with Crippen LogP contribution >= 0.6 is 0 Å². The fourth-order valence-corrected chi connectivity index (χ4v) is 5.85. The summed E-state index contributed by atoms with van der Waals surface area (Å²) < 4.78 is 10.9. The highest BCUT2D eigenvalue weighted by Gasteiger charge is 2.66. The van der Waals surface area contributed by atoms with Crippen molar-refractivity contribution in [2.45, 2.75) is 51.2 Å². The van der Waals surface area contributed by atoms with Crippen LogP contribution in [0, 0.1) is 22.7 Å². The number of carbonyl (C=O) groups excluding carboxylic acids is 1. The lowest BCUT2D eigenvalue weighted by Crippen LogP contribution is -2.60. The van der Waals surface area contributed by atoms with Gasteiger partial charge in [0.2, 0.25) is 0 Å². The Morgan fingerprint density at radius 2 is 2.08 bits per heavy atom. The first-order valence-electron chi connectivity index (χ1n) is 9.34. The summed E-state index contributed by atoms with van der Waals surface area (Å²) in [6.07, 6.45) is 8.85. The van der Waals surface area contributed by atoms with Gasteiger partial charge in [-0.25, -0.2) is 4.79 Å². The van der Waals surface area contributed by atoms with E-state index in [1.54, 1.807) is 0 Å². The maximum Gasteiger partial charge on any atom is 0.338 e. The van der Waals surface area contributed by atoms with Crippen LogP contribution in [-0.2, 0) is 14.3 Å². The molecule has 2 aliphatic heterocycles. The predicted octanol–water partition coefficient (Wildman–Crippen LogP) is 1.98. The SMILES string of the molecule is C[C@]12CC[C@@H](O)[C@@](C)(CO)C1CCC1(CO1)C2/C=C/C1=CCOC1=O. The fraction of sp³-hybridized carbons (Fsp3) is 0.750. The summed E-state index contributed by atoms with van der Waals surface area (Å²) in [6.45, 7) is 5.39. The minimum absolute atomic E-state index is 0.00378. The van der Waals surface area contributed by atoms with Gasteiger partial charge in [0, 0.05) is 11.3 Å². The highest BCUT2D eigenvalue weighted by atomic mass is 16.6. The first kappa shape index (κ1) is 17.3. The molecule has 1 spiro atoms. The van der Waals surface area contributed by atoms with Crippen molar-refractivity contribution in [3.63, 3.8) is 0 Å². The number of epoxide rings is 1. The molecule has 5 nitrogen and oxygen atoms in total. The molecule has 1 saturated heterocycles. The van der Waals surface area contributed by atoms with Crippen molar-refractivity contribution in [2.75, 3.05) is 19.8 Å². The zero-order valence-corrected chi connectivity index (χ0v) is 15.0. The third-order valence-electron chi connectivity index (χ3n) is 7.52. The van der Waals surface area contributed by atoms with E-state index < -0.39 is 11.5 Å². The quantitative estimate of drug-likeness (QED) is 0.602. The lowest BCUT2D eigenvalue weighted by Gasteiger charge is -2.60. The van der Waals surface area contributed by atoms with Gasteiger partial charge in [-0.2, -0.15) is 0 Å². The molecule has 0 aromatic carbocycles. The largest absolute Gasteiger partial charge is 0.458 e. The van der Waals surface area contributed by atoms with Crippen molar-refractivity contribution < 1.29 is 24.5 Å². The van der Waals surface area contributed by atoms with Crippen molar-refractivity contribution in [3.8, 4) is 0 Å². The Labute approximate surface area is 148 Å². The second kappa shape index (κ2) is 5.66. The molecule has 2 aliphatic carbocycles. The molecule has 2 heterocycles. The zero-order chi connectivity index (χ0) is 17.9. The van der Waals surface area contributed by atoms with Gasteiger partial charge in [0.05, 0.1) is 30.5 Å². The second-order valence-electron chi connectivity index (χ2n) is 8.76. The number of rotatable bonds is 3. The van der Waals surface area contributed by atoms with Gasteiger partial charge >= 0.3 is 5.97 Å². The summed E-state index contributed by atoms with van der Waals surface area (Å²) in [5, 5.41) is 20.6. The van der Waals surface area contributed by atoms with E-state index in [0.29, 0.717) is 18.6 Å². The van der Waals surface area contributed by atoms with Crippen molar-refractivity contribution in [1.29, 1.82) is 0 Å². The Hall–Kier alpha value is -1.17. The van der Waals surface area contributed by atoms with Gasteiger partial charge in [-0.1, -0.05) is 26.0 Å². The van der Waals surface area contributed by atoms with Gasteiger partial charge in [-0.3, -0.25) is 0 Å². The molecule has 3 unspecified atom stereocenters. The van der Waals surface area contributed by atoms with Crippen LogP contribution in [0.4, 0.5) is 0 Å². The number of cyclic esters (lactones) is 1. The Morgan fingerprint density at radius 1 is 1.32 bits per heavy atom. The highest BCUT2D eigenvalue weighted by Crippen LogP contribution is 2.65. The molecule has 0 bridgehead atoms. The van der Waals surface area contributed by atoms with Crippen LogP contribution in [0.25, 0.3) is 0 Å². The Balaban J connectivity index is 1.68. The number of carbonyl (C=O) groups is 1. The molecule has 3 fully saturated rings. The monoisotopic (exact) mass is 348 g/mol. The van der Waals surface area contributed by atoms with Crippen molar-refractivity contribution in [1.82, 2.24) is 0 Å². The van der Waals surface area contributed by atoms with Crippen molar-refractivity contribution in [2.24, 2.45) is 22.7 Å². The summed E-state index contributed by atoms with van der Waals surface area (Å²) in [7, 11) is 0. The maximum atomic E-state index is 11.7. The molecule has 0 radical (unpaired) electrons. The van der Waals surface area contributed by atoms with E-state index in [1.807, 2.05) is 19.1 Å². The van der Waals surface area contributed by atoms with Crippen molar-refractivity contribution in [3.05, 3.63) is 23.8 Å². The molecule has 0 amide bonds. The summed E-state index contributed by atoms with van der Waals surface area (Å²) in [5.41, 5.74) is -0.0716. The first-order chi connectivity index (χ1) is 11.9. The van der Waals surface area contributed by atoms with Gasteiger partial charge in [0.1, 0.15) is 6.61 Å². The zero-order valence-electron chi connectivity index (χ0n) is 15.0. The summed E-state index contributed by atoms with van der Waals surface area (Å²) in [4.78, 5) is 11.7. The molecule has 138 valence electrons. The average Bonchev–Trinajstić information content (AvgIpc) is 3.24. The third kappa shape index (κ3) is 2.43. The highest BCUT2D eigenvalue weighted by molar-refractivity contribution is 5.93. The summed E-state index contributed by atoms with van der Waals surface area (Å²) in [6, 6.07) is 0. The van der Waals surface area contributed by atoms with Crippen LogP contribution in [0.2, 0.25) is 0 Å². The average molecular weight is 348 g/mol. The molecule has 0 aromatic heterocycles. The lowest BCUT2D eigenvalue weighted by atomic mass is 9.45. The van der Waals surface area contributed by atoms with Crippen LogP contribution in [-0.4, -0.2) is 47.7 Å². The number of ether oxygens (including phenoxy) is 2. The van der Waals surface area contributed by atoms with E-state index in [9.17, 15) is 15.0 Å². The first-order valence-corrected chi connectivity index (χ1v) is 9.34. The lowest BCUT2D eigenvalue weighted by molar-refractivity contribution is -0.167. The van der Waals surface area contributed by atoms with E-state index in [-0.39, 0.29) is 35.4 Å². The Kier molecular flexibility index (Phi) is 3.91. The molecule has 2 saturated carbocycles. The molecular formula is C20H28O5. The molecular weight excluding hydrogens is 320 g/mol. The fourth-order valence-electron chi connectivity index (χ4n) is 5.85. The Bertz CT molecular complexity index is 634. The Morgan fingerprint density at radius 3 is 2.68 bits per heavy atom. The van der Waals surface area contributed by atoms with E-state index in [1.165, 1.54) is 0 Å². The van der Waals surface area contributed by atoms with E-state index in [2.05, 4.69) is 13.0 Å². The molecule has 5 heteroatoms. The van der Waals surface area contributed by atoms with E-state index in [4.69, 9.17) is 9.47 Å². The van der Waals surface area contributed by atoms with E-state index >= 15 is 0 Å². The van der Waals surface area contributed by atoms with Crippen LogP contribution in [0.15, 0.2) is 23.8 Å². The van der Waals surface area contributed by atoms with Crippen LogP contribution < -0.4 is 0 Å². The van der Waals surface area contributed by atoms with Gasteiger partial charge in [0.25, 0.3) is 0 Å². The normalized spacial score (nSPS) is 49.2. The third-order valence-corrected chi connectivity index (χ3v) is 7.52. The standard InChI is InChI=1S/C20H28O5/c1-18-8-6-16(22)19(2,11-21)14(18)5-9-20(12-25-20)15(18)4-3-13-7-10-24-17(13)23/h3-4,7,14-16,21-22H,5-6,8-12H2,1-2H3/b4-3+/t14?,15?,16-,18+,19+,20?/m1/s1. The molecule has 4 rings (SSSR count). The maximum absolute atomic E-state index is 11.7.